The number of H-pyrrole nitrogens is 1. The Labute approximate surface area is 140 Å². The lowest BCUT2D eigenvalue weighted by molar-refractivity contribution is -0.143. The van der Waals surface area contributed by atoms with Crippen molar-refractivity contribution in [1.29, 1.82) is 0 Å². The van der Waals surface area contributed by atoms with Crippen molar-refractivity contribution in [3.05, 3.63) is 46.8 Å². The van der Waals surface area contributed by atoms with Gasteiger partial charge >= 0.3 is 5.97 Å². The summed E-state index contributed by atoms with van der Waals surface area (Å²) in [6.45, 7) is 1.12. The highest BCUT2D eigenvalue weighted by atomic mass is 16.5. The van der Waals surface area contributed by atoms with E-state index in [-0.39, 0.29) is 0 Å². The number of nitrogens with one attached hydrogen (secondary N) is 1. The van der Waals surface area contributed by atoms with Gasteiger partial charge in [0.25, 0.3) is 0 Å². The molecule has 24 heavy (non-hydrogen) atoms. The van der Waals surface area contributed by atoms with Gasteiger partial charge in [0.1, 0.15) is 11.8 Å². The Bertz CT molecular complexity index is 767. The minimum atomic E-state index is -0.872. The molecule has 1 saturated carbocycles. The van der Waals surface area contributed by atoms with Crippen molar-refractivity contribution in [1.82, 2.24) is 15.1 Å². The summed E-state index contributed by atoms with van der Waals surface area (Å²) in [5.41, 5.74) is 3.85. The number of hydrogen-bond donors (Lipinski definition) is 2. The van der Waals surface area contributed by atoms with E-state index in [0.29, 0.717) is 19.1 Å². The molecule has 2 aromatic rings. The van der Waals surface area contributed by atoms with Gasteiger partial charge in [0, 0.05) is 30.1 Å². The largest absolute Gasteiger partial charge is 0.493 e. The van der Waals surface area contributed by atoms with Crippen molar-refractivity contribution < 1.29 is 14.6 Å². The number of aliphatic carboxylic acids is 1. The molecule has 1 fully saturated rings. The quantitative estimate of drug-likeness (QED) is 0.852. The SMILES string of the molecule is CN(Cc1cc(C2CC2)n[nH]1)[C@@H](C(=O)O)c1cccc2c1OCC2. The summed E-state index contributed by atoms with van der Waals surface area (Å²) >= 11 is 0. The van der Waals surface area contributed by atoms with Crippen molar-refractivity contribution in [2.45, 2.75) is 37.8 Å². The third-order valence-corrected chi connectivity index (χ3v) is 4.78. The van der Waals surface area contributed by atoms with Crippen LogP contribution < -0.4 is 4.74 Å². The van der Waals surface area contributed by atoms with Crippen LogP contribution in [0.25, 0.3) is 0 Å². The van der Waals surface area contributed by atoms with Gasteiger partial charge in [-0.15, -0.1) is 0 Å². The zero-order valence-corrected chi connectivity index (χ0v) is 13.7. The summed E-state index contributed by atoms with van der Waals surface area (Å²) in [4.78, 5) is 13.8. The molecule has 6 nitrogen and oxygen atoms in total. The third-order valence-electron chi connectivity index (χ3n) is 4.78. The fourth-order valence-corrected chi connectivity index (χ4v) is 3.42. The molecule has 0 unspecified atom stereocenters. The molecule has 0 spiro atoms. The van der Waals surface area contributed by atoms with E-state index in [9.17, 15) is 9.90 Å². The number of aromatic amines is 1. The number of carbonyl (C=O) groups is 1. The molecule has 1 aliphatic carbocycles. The van der Waals surface area contributed by atoms with Crippen LogP contribution in [0.1, 0.15) is 47.3 Å². The van der Waals surface area contributed by atoms with E-state index >= 15 is 0 Å². The predicted molar refractivity (Wildman–Crippen MR) is 88.0 cm³/mol. The Hall–Kier alpha value is -2.34. The van der Waals surface area contributed by atoms with Crippen LogP contribution in [0.3, 0.4) is 0 Å². The lowest BCUT2D eigenvalue weighted by atomic mass is 10.0. The van der Waals surface area contributed by atoms with Crippen molar-refractivity contribution in [2.24, 2.45) is 0 Å². The molecule has 1 aromatic heterocycles. The van der Waals surface area contributed by atoms with Crippen LogP contribution in [0.2, 0.25) is 0 Å². The molecule has 2 heterocycles. The van der Waals surface area contributed by atoms with Crippen LogP contribution in [0, 0.1) is 0 Å². The summed E-state index contributed by atoms with van der Waals surface area (Å²) in [6.07, 6.45) is 3.24. The van der Waals surface area contributed by atoms with Crippen LogP contribution in [0.5, 0.6) is 5.75 Å². The monoisotopic (exact) mass is 327 g/mol. The average molecular weight is 327 g/mol. The van der Waals surface area contributed by atoms with Gasteiger partial charge in [-0.25, -0.2) is 0 Å². The number of para-hydroxylation sites is 1. The zero-order valence-electron chi connectivity index (χ0n) is 13.7. The first kappa shape index (κ1) is 15.2. The highest BCUT2D eigenvalue weighted by Crippen LogP contribution is 2.39. The molecule has 1 aromatic carbocycles. The highest BCUT2D eigenvalue weighted by molar-refractivity contribution is 5.77. The van der Waals surface area contributed by atoms with Gasteiger partial charge in [0.05, 0.1) is 12.3 Å². The molecule has 2 aliphatic rings. The van der Waals surface area contributed by atoms with E-state index in [1.54, 1.807) is 0 Å². The minimum Gasteiger partial charge on any atom is -0.493 e. The van der Waals surface area contributed by atoms with Crippen molar-refractivity contribution in [3.63, 3.8) is 0 Å². The smallest absolute Gasteiger partial charge is 0.325 e. The Morgan fingerprint density at radius 3 is 3.08 bits per heavy atom. The number of aromatic nitrogens is 2. The van der Waals surface area contributed by atoms with Crippen LogP contribution >= 0.6 is 0 Å². The molecule has 6 heteroatoms. The van der Waals surface area contributed by atoms with Gasteiger partial charge < -0.3 is 9.84 Å². The Morgan fingerprint density at radius 2 is 2.33 bits per heavy atom. The number of carboxylic acids is 1. The first-order valence-electron chi connectivity index (χ1n) is 8.35. The first-order chi connectivity index (χ1) is 11.6. The zero-order chi connectivity index (χ0) is 16.7. The van der Waals surface area contributed by atoms with E-state index in [2.05, 4.69) is 16.3 Å². The van der Waals surface area contributed by atoms with Gasteiger partial charge in [-0.05, 0) is 31.5 Å². The number of ether oxygens (including phenoxy) is 1. The van der Waals surface area contributed by atoms with Gasteiger partial charge in [-0.3, -0.25) is 14.8 Å². The third kappa shape index (κ3) is 2.78. The second kappa shape index (κ2) is 5.94. The summed E-state index contributed by atoms with van der Waals surface area (Å²) in [6, 6.07) is 7.07. The molecule has 2 N–H and O–H groups in total. The van der Waals surface area contributed by atoms with E-state index in [1.807, 2.05) is 30.1 Å². The number of carboxylic acid groups (broad SMARTS) is 1. The Morgan fingerprint density at radius 1 is 1.50 bits per heavy atom. The van der Waals surface area contributed by atoms with Gasteiger partial charge in [-0.2, -0.15) is 5.10 Å². The predicted octanol–water partition coefficient (Wildman–Crippen LogP) is 2.48. The Kier molecular flexibility index (Phi) is 3.76. The fourth-order valence-electron chi connectivity index (χ4n) is 3.42. The van der Waals surface area contributed by atoms with Crippen molar-refractivity contribution in [2.75, 3.05) is 13.7 Å². The molecule has 1 aliphatic heterocycles. The van der Waals surface area contributed by atoms with Gasteiger partial charge in [0.2, 0.25) is 0 Å². The number of rotatable bonds is 6. The van der Waals surface area contributed by atoms with E-state index < -0.39 is 12.0 Å². The minimum absolute atomic E-state index is 0.500. The number of benzene rings is 1. The first-order valence-corrected chi connectivity index (χ1v) is 8.35. The van der Waals surface area contributed by atoms with E-state index in [0.717, 1.165) is 34.7 Å². The molecular weight excluding hydrogens is 306 g/mol. The normalized spacial score (nSPS) is 17.6. The van der Waals surface area contributed by atoms with Crippen LogP contribution in [-0.2, 0) is 17.8 Å². The molecule has 0 saturated heterocycles. The molecule has 4 rings (SSSR count). The topological polar surface area (TPSA) is 78.5 Å². The van der Waals surface area contributed by atoms with E-state index in [1.165, 1.54) is 12.8 Å². The van der Waals surface area contributed by atoms with Gasteiger partial charge in [0.15, 0.2) is 0 Å². The van der Waals surface area contributed by atoms with Crippen LogP contribution in [0.4, 0.5) is 0 Å². The van der Waals surface area contributed by atoms with Crippen LogP contribution in [0.15, 0.2) is 24.3 Å². The van der Waals surface area contributed by atoms with E-state index in [4.69, 9.17) is 4.74 Å². The highest BCUT2D eigenvalue weighted by Gasteiger charge is 2.31. The second-order valence-electron chi connectivity index (χ2n) is 6.68. The number of fused-ring (bicyclic) bond motifs is 1. The maximum Gasteiger partial charge on any atom is 0.325 e. The molecule has 0 radical (unpaired) electrons. The summed E-state index contributed by atoms with van der Waals surface area (Å²) in [7, 11) is 1.82. The van der Waals surface area contributed by atoms with Gasteiger partial charge in [-0.1, -0.05) is 18.2 Å². The van der Waals surface area contributed by atoms with Crippen LogP contribution in [-0.4, -0.2) is 39.8 Å². The summed E-state index contributed by atoms with van der Waals surface area (Å²) < 4.78 is 5.69. The standard InChI is InChI=1S/C18H21N3O3/c1-21(10-13-9-15(20-19-13)11-5-6-11)16(18(22)23)14-4-2-3-12-7-8-24-17(12)14/h2-4,9,11,16H,5-8,10H2,1H3,(H,19,20)(H,22,23)/t16-/m1/s1. The summed E-state index contributed by atoms with van der Waals surface area (Å²) in [5, 5.41) is 17.2. The molecule has 1 atom stereocenters. The number of nitrogens with zero attached hydrogens (tertiary/aromatic N) is 2. The molecule has 126 valence electrons. The fraction of sp³-hybridized carbons (Fsp3) is 0.444. The molecule has 0 amide bonds. The van der Waals surface area contributed by atoms with Crippen molar-refractivity contribution >= 4 is 5.97 Å². The Balaban J connectivity index is 1.58. The number of hydrogen-bond acceptors (Lipinski definition) is 4. The molecule has 0 bridgehead atoms. The van der Waals surface area contributed by atoms with Crippen molar-refractivity contribution in [3.8, 4) is 5.75 Å². The maximum atomic E-state index is 11.9. The average Bonchev–Trinajstić information content (AvgIpc) is 3.09. The lowest BCUT2D eigenvalue weighted by Gasteiger charge is -2.25. The second-order valence-corrected chi connectivity index (χ2v) is 6.68. The lowest BCUT2D eigenvalue weighted by Crippen LogP contribution is -2.31. The number of likely N-dealkylation sites (N-methyl/N-ethyl adjacent to an activating group) is 1. The maximum absolute atomic E-state index is 11.9. The summed E-state index contributed by atoms with van der Waals surface area (Å²) in [5.74, 6) is 0.449. The molecular formula is C18H21N3O3.